The average molecular weight is 485 g/mol. The van der Waals surface area contributed by atoms with Gasteiger partial charge in [0.1, 0.15) is 5.75 Å². The lowest BCUT2D eigenvalue weighted by molar-refractivity contribution is -0.116. The van der Waals surface area contributed by atoms with Crippen molar-refractivity contribution >= 4 is 40.9 Å². The van der Waals surface area contributed by atoms with Crippen molar-refractivity contribution in [3.8, 4) is 5.75 Å². The number of nitrogens with zero attached hydrogens (tertiary/aromatic N) is 2. The standard InChI is InChI=1S/C24H25ClN4O3S/c1-3-32-19-10-8-18(9-11-19)28-21(30)12-13-26-23(31)22-20(25)14-27-24(29-22)33-15-17-6-4-16(2)5-7-17/h4-11,14H,3,12-13,15H2,1-2H3,(H,26,31)(H,28,30). The Morgan fingerprint density at radius 3 is 2.52 bits per heavy atom. The molecule has 0 aliphatic carbocycles. The Morgan fingerprint density at radius 1 is 1.09 bits per heavy atom. The summed E-state index contributed by atoms with van der Waals surface area (Å²) in [5, 5.41) is 6.08. The van der Waals surface area contributed by atoms with Crippen LogP contribution in [0.4, 0.5) is 5.69 Å². The molecule has 1 heterocycles. The first-order valence-corrected chi connectivity index (χ1v) is 11.8. The minimum absolute atomic E-state index is 0.0880. The average Bonchev–Trinajstić information content (AvgIpc) is 2.81. The molecule has 2 N–H and O–H groups in total. The van der Waals surface area contributed by atoms with E-state index in [-0.39, 0.29) is 29.6 Å². The number of halogens is 1. The van der Waals surface area contributed by atoms with E-state index in [2.05, 4.69) is 20.6 Å². The number of aromatic nitrogens is 2. The summed E-state index contributed by atoms with van der Waals surface area (Å²) in [6.07, 6.45) is 1.52. The lowest BCUT2D eigenvalue weighted by atomic mass is 10.2. The number of amides is 2. The molecule has 3 rings (SSSR count). The summed E-state index contributed by atoms with van der Waals surface area (Å²) in [5.74, 6) is 0.742. The highest BCUT2D eigenvalue weighted by Crippen LogP contribution is 2.22. The molecule has 7 nitrogen and oxygen atoms in total. The van der Waals surface area contributed by atoms with Crippen LogP contribution in [0.2, 0.25) is 5.02 Å². The molecule has 172 valence electrons. The van der Waals surface area contributed by atoms with E-state index in [0.717, 1.165) is 11.3 Å². The van der Waals surface area contributed by atoms with E-state index < -0.39 is 5.91 Å². The predicted molar refractivity (Wildman–Crippen MR) is 131 cm³/mol. The highest BCUT2D eigenvalue weighted by molar-refractivity contribution is 7.98. The van der Waals surface area contributed by atoms with Gasteiger partial charge >= 0.3 is 0 Å². The Kier molecular flexibility index (Phi) is 9.09. The van der Waals surface area contributed by atoms with E-state index in [1.165, 1.54) is 23.5 Å². The van der Waals surface area contributed by atoms with Gasteiger partial charge in [-0.3, -0.25) is 9.59 Å². The second-order valence-corrected chi connectivity index (χ2v) is 8.48. The molecule has 0 saturated carbocycles. The Morgan fingerprint density at radius 2 is 1.82 bits per heavy atom. The van der Waals surface area contributed by atoms with Crippen LogP contribution in [0.25, 0.3) is 0 Å². The van der Waals surface area contributed by atoms with E-state index in [1.807, 2.05) is 38.1 Å². The highest BCUT2D eigenvalue weighted by atomic mass is 35.5. The summed E-state index contributed by atoms with van der Waals surface area (Å²) in [6, 6.07) is 15.3. The predicted octanol–water partition coefficient (Wildman–Crippen LogP) is 4.89. The third-order valence-corrected chi connectivity index (χ3v) is 5.72. The molecule has 0 aliphatic heterocycles. The molecular weight excluding hydrogens is 460 g/mol. The Labute approximate surface area is 202 Å². The van der Waals surface area contributed by atoms with Crippen LogP contribution in [-0.2, 0) is 10.5 Å². The maximum absolute atomic E-state index is 12.5. The third-order valence-electron chi connectivity index (χ3n) is 4.51. The Hall–Kier alpha value is -3.10. The molecule has 2 aromatic carbocycles. The summed E-state index contributed by atoms with van der Waals surface area (Å²) in [4.78, 5) is 33.2. The lowest BCUT2D eigenvalue weighted by Gasteiger charge is -2.09. The summed E-state index contributed by atoms with van der Waals surface area (Å²) in [6.45, 7) is 4.67. The van der Waals surface area contributed by atoms with Crippen LogP contribution in [0, 0.1) is 6.92 Å². The van der Waals surface area contributed by atoms with E-state index in [4.69, 9.17) is 16.3 Å². The topological polar surface area (TPSA) is 93.2 Å². The van der Waals surface area contributed by atoms with Gasteiger partial charge in [0, 0.05) is 24.4 Å². The number of benzene rings is 2. The van der Waals surface area contributed by atoms with Gasteiger partial charge in [0.15, 0.2) is 10.9 Å². The summed E-state index contributed by atoms with van der Waals surface area (Å²) in [7, 11) is 0. The van der Waals surface area contributed by atoms with E-state index >= 15 is 0 Å². The van der Waals surface area contributed by atoms with Crippen LogP contribution < -0.4 is 15.4 Å². The molecule has 0 spiro atoms. The van der Waals surface area contributed by atoms with E-state index in [9.17, 15) is 9.59 Å². The molecular formula is C24H25ClN4O3S. The number of thioether (sulfide) groups is 1. The number of rotatable bonds is 10. The molecule has 0 atom stereocenters. The molecule has 2 amide bonds. The molecule has 0 unspecified atom stereocenters. The number of aryl methyl sites for hydroxylation is 1. The summed E-state index contributed by atoms with van der Waals surface area (Å²) < 4.78 is 5.38. The van der Waals surface area contributed by atoms with Crippen molar-refractivity contribution in [2.45, 2.75) is 31.2 Å². The Bertz CT molecular complexity index is 1090. The number of carbonyl (C=O) groups excluding carboxylic acids is 2. The quantitative estimate of drug-likeness (QED) is 0.314. The van der Waals surface area contributed by atoms with Crippen molar-refractivity contribution in [1.29, 1.82) is 0 Å². The number of hydrogen-bond acceptors (Lipinski definition) is 6. The van der Waals surface area contributed by atoms with Crippen LogP contribution in [0.1, 0.15) is 35.0 Å². The second kappa shape index (κ2) is 12.2. The zero-order chi connectivity index (χ0) is 23.6. The monoisotopic (exact) mass is 484 g/mol. The van der Waals surface area contributed by atoms with Crippen LogP contribution >= 0.6 is 23.4 Å². The SMILES string of the molecule is CCOc1ccc(NC(=O)CCNC(=O)c2nc(SCc3ccc(C)cc3)ncc2Cl)cc1. The van der Waals surface area contributed by atoms with Gasteiger partial charge in [0.2, 0.25) is 5.91 Å². The molecule has 0 bridgehead atoms. The fourth-order valence-corrected chi connectivity index (χ4v) is 3.76. The molecule has 9 heteroatoms. The molecule has 1 aromatic heterocycles. The van der Waals surface area contributed by atoms with Gasteiger partial charge < -0.3 is 15.4 Å². The molecule has 0 aliphatic rings. The van der Waals surface area contributed by atoms with Crippen molar-refractivity contribution in [2.75, 3.05) is 18.5 Å². The fraction of sp³-hybridized carbons (Fsp3) is 0.250. The van der Waals surface area contributed by atoms with Crippen LogP contribution in [0.15, 0.2) is 59.9 Å². The van der Waals surface area contributed by atoms with Crippen molar-refractivity contribution in [3.63, 3.8) is 0 Å². The van der Waals surface area contributed by atoms with Crippen molar-refractivity contribution in [3.05, 3.63) is 76.6 Å². The summed E-state index contributed by atoms with van der Waals surface area (Å²) in [5.41, 5.74) is 3.07. The minimum Gasteiger partial charge on any atom is -0.494 e. The van der Waals surface area contributed by atoms with Gasteiger partial charge in [-0.2, -0.15) is 0 Å². The van der Waals surface area contributed by atoms with Gasteiger partial charge in [0.05, 0.1) is 17.8 Å². The molecule has 3 aromatic rings. The maximum Gasteiger partial charge on any atom is 0.271 e. The first-order valence-electron chi connectivity index (χ1n) is 10.5. The largest absolute Gasteiger partial charge is 0.494 e. The third kappa shape index (κ3) is 7.76. The fourth-order valence-electron chi connectivity index (χ4n) is 2.81. The highest BCUT2D eigenvalue weighted by Gasteiger charge is 2.15. The van der Waals surface area contributed by atoms with Gasteiger partial charge in [-0.15, -0.1) is 0 Å². The van der Waals surface area contributed by atoms with Crippen LogP contribution in [0.3, 0.4) is 0 Å². The van der Waals surface area contributed by atoms with Crippen molar-refractivity contribution in [2.24, 2.45) is 0 Å². The lowest BCUT2D eigenvalue weighted by Crippen LogP contribution is -2.28. The normalized spacial score (nSPS) is 10.5. The minimum atomic E-state index is -0.451. The van der Waals surface area contributed by atoms with Crippen LogP contribution in [0.5, 0.6) is 5.75 Å². The van der Waals surface area contributed by atoms with E-state index in [0.29, 0.717) is 23.2 Å². The van der Waals surface area contributed by atoms with Crippen molar-refractivity contribution in [1.82, 2.24) is 15.3 Å². The zero-order valence-corrected chi connectivity index (χ0v) is 20.0. The van der Waals surface area contributed by atoms with E-state index in [1.54, 1.807) is 24.3 Å². The summed E-state index contributed by atoms with van der Waals surface area (Å²) >= 11 is 7.54. The first-order chi connectivity index (χ1) is 15.9. The molecule has 0 saturated heterocycles. The van der Waals surface area contributed by atoms with Gasteiger partial charge in [-0.05, 0) is 43.7 Å². The first kappa shape index (κ1) is 24.5. The van der Waals surface area contributed by atoms with Crippen molar-refractivity contribution < 1.29 is 14.3 Å². The number of anilines is 1. The number of nitrogens with one attached hydrogen (secondary N) is 2. The number of hydrogen-bond donors (Lipinski definition) is 2. The van der Waals surface area contributed by atoms with Gasteiger partial charge in [0.25, 0.3) is 5.91 Å². The zero-order valence-electron chi connectivity index (χ0n) is 18.4. The molecule has 0 fully saturated rings. The molecule has 0 radical (unpaired) electrons. The second-order valence-electron chi connectivity index (χ2n) is 7.13. The van der Waals surface area contributed by atoms with Gasteiger partial charge in [-0.25, -0.2) is 9.97 Å². The van der Waals surface area contributed by atoms with Crippen LogP contribution in [-0.4, -0.2) is 34.9 Å². The smallest absolute Gasteiger partial charge is 0.271 e. The van der Waals surface area contributed by atoms with Gasteiger partial charge in [-0.1, -0.05) is 53.2 Å². The molecule has 33 heavy (non-hydrogen) atoms. The Balaban J connectivity index is 1.48. The maximum atomic E-state index is 12.5. The number of carbonyl (C=O) groups is 2. The number of ether oxygens (including phenoxy) is 1.